The number of hydrogen-bond donors (Lipinski definition) is 2. The van der Waals surface area contributed by atoms with Crippen molar-refractivity contribution in [2.24, 2.45) is 0 Å². The molecule has 0 aliphatic rings. The summed E-state index contributed by atoms with van der Waals surface area (Å²) in [5.41, 5.74) is 9.62. The van der Waals surface area contributed by atoms with Crippen LogP contribution < -0.4 is 11.1 Å². The van der Waals surface area contributed by atoms with Crippen molar-refractivity contribution in [1.29, 1.82) is 0 Å². The quantitative estimate of drug-likeness (QED) is 0.716. The smallest absolute Gasteiger partial charge is 0.243 e. The van der Waals surface area contributed by atoms with Gasteiger partial charge in [0.1, 0.15) is 0 Å². The first-order chi connectivity index (χ1) is 9.61. The van der Waals surface area contributed by atoms with Gasteiger partial charge in [-0.3, -0.25) is 0 Å². The summed E-state index contributed by atoms with van der Waals surface area (Å²) < 4.78 is 1.77. The van der Waals surface area contributed by atoms with Gasteiger partial charge in [0, 0.05) is 11.9 Å². The Bertz CT molecular complexity index is 730. The average molecular weight is 267 g/mol. The molecular weight excluding hydrogens is 250 g/mol. The predicted octanol–water partition coefficient (Wildman–Crippen LogP) is 2.79. The van der Waals surface area contributed by atoms with Gasteiger partial charge in [-0.15, -0.1) is 5.10 Å². The van der Waals surface area contributed by atoms with Gasteiger partial charge in [-0.2, -0.15) is 4.98 Å². The Morgan fingerprint density at radius 2 is 1.95 bits per heavy atom. The van der Waals surface area contributed by atoms with Crippen LogP contribution in [0.15, 0.2) is 42.6 Å². The Morgan fingerprint density at radius 3 is 2.70 bits per heavy atom. The molecule has 0 fully saturated rings. The predicted molar refractivity (Wildman–Crippen MR) is 80.6 cm³/mol. The lowest BCUT2D eigenvalue weighted by Gasteiger charge is -2.12. The van der Waals surface area contributed by atoms with Crippen molar-refractivity contribution in [2.75, 3.05) is 11.1 Å². The normalized spacial score (nSPS) is 12.5. The standard InChI is InChI=1S/C15H17N5/c1-10-7-8-20-14(9-10)18-15(19-20)17-11(2)12-3-5-13(16)6-4-12/h3-9,11H,16H2,1-2H3,(H,17,19). The van der Waals surface area contributed by atoms with Crippen molar-refractivity contribution < 1.29 is 0 Å². The van der Waals surface area contributed by atoms with Crippen molar-refractivity contribution in [2.45, 2.75) is 19.9 Å². The SMILES string of the molecule is Cc1ccn2nc(NC(C)c3ccc(N)cc3)nc2c1. The van der Waals surface area contributed by atoms with E-state index in [0.717, 1.165) is 16.9 Å². The van der Waals surface area contributed by atoms with Crippen LogP contribution in [0.2, 0.25) is 0 Å². The maximum atomic E-state index is 5.70. The first-order valence-electron chi connectivity index (χ1n) is 6.57. The zero-order valence-electron chi connectivity index (χ0n) is 11.5. The number of nitrogens with two attached hydrogens (primary N) is 1. The summed E-state index contributed by atoms with van der Waals surface area (Å²) in [6.45, 7) is 4.11. The van der Waals surface area contributed by atoms with Gasteiger partial charge < -0.3 is 11.1 Å². The average Bonchev–Trinajstić information content (AvgIpc) is 2.80. The van der Waals surface area contributed by atoms with Gasteiger partial charge in [-0.05, 0) is 49.2 Å². The molecule has 2 heterocycles. The molecule has 1 unspecified atom stereocenters. The fraction of sp³-hybridized carbons (Fsp3) is 0.200. The molecular formula is C15H17N5. The molecule has 5 nitrogen and oxygen atoms in total. The Labute approximate surface area is 117 Å². The Kier molecular flexibility index (Phi) is 3.02. The molecule has 102 valence electrons. The minimum atomic E-state index is 0.120. The van der Waals surface area contributed by atoms with Crippen LogP contribution in [0, 0.1) is 6.92 Å². The summed E-state index contributed by atoms with van der Waals surface area (Å²) in [4.78, 5) is 4.47. The van der Waals surface area contributed by atoms with E-state index >= 15 is 0 Å². The molecule has 0 radical (unpaired) electrons. The first kappa shape index (κ1) is 12.5. The van der Waals surface area contributed by atoms with Gasteiger partial charge in [0.25, 0.3) is 0 Å². The van der Waals surface area contributed by atoms with Crippen LogP contribution in [-0.2, 0) is 0 Å². The summed E-state index contributed by atoms with van der Waals surface area (Å²) in [6.07, 6.45) is 1.91. The number of pyridine rings is 1. The number of nitrogens with zero attached hydrogens (tertiary/aromatic N) is 3. The highest BCUT2D eigenvalue weighted by atomic mass is 15.3. The molecule has 0 bridgehead atoms. The molecule has 20 heavy (non-hydrogen) atoms. The molecule has 0 saturated carbocycles. The molecule has 0 amide bonds. The maximum absolute atomic E-state index is 5.70. The summed E-state index contributed by atoms with van der Waals surface area (Å²) >= 11 is 0. The van der Waals surface area contributed by atoms with Crippen molar-refractivity contribution >= 4 is 17.3 Å². The summed E-state index contributed by atoms with van der Waals surface area (Å²) in [6, 6.07) is 11.9. The molecule has 3 rings (SSSR count). The van der Waals surface area contributed by atoms with Crippen LogP contribution in [0.4, 0.5) is 11.6 Å². The van der Waals surface area contributed by atoms with Crippen LogP contribution in [0.5, 0.6) is 0 Å². The lowest BCUT2D eigenvalue weighted by atomic mass is 10.1. The van der Waals surface area contributed by atoms with Crippen molar-refractivity contribution in [3.05, 3.63) is 53.7 Å². The van der Waals surface area contributed by atoms with Gasteiger partial charge in [0.2, 0.25) is 5.95 Å². The van der Waals surface area contributed by atoms with Crippen molar-refractivity contribution in [3.63, 3.8) is 0 Å². The number of aromatic nitrogens is 3. The zero-order valence-corrected chi connectivity index (χ0v) is 11.5. The minimum Gasteiger partial charge on any atom is -0.399 e. The Balaban J connectivity index is 1.83. The third-order valence-corrected chi connectivity index (χ3v) is 3.28. The second-order valence-corrected chi connectivity index (χ2v) is 4.97. The molecule has 0 saturated heterocycles. The highest BCUT2D eigenvalue weighted by molar-refractivity contribution is 5.47. The molecule has 1 aromatic carbocycles. The highest BCUT2D eigenvalue weighted by Gasteiger charge is 2.09. The second-order valence-electron chi connectivity index (χ2n) is 4.97. The fourth-order valence-corrected chi connectivity index (χ4v) is 2.11. The van der Waals surface area contributed by atoms with Gasteiger partial charge in [-0.1, -0.05) is 12.1 Å². The van der Waals surface area contributed by atoms with Gasteiger partial charge >= 0.3 is 0 Å². The molecule has 0 aliphatic heterocycles. The summed E-state index contributed by atoms with van der Waals surface area (Å²) in [5.74, 6) is 0.625. The van der Waals surface area contributed by atoms with Crippen LogP contribution >= 0.6 is 0 Å². The van der Waals surface area contributed by atoms with E-state index in [2.05, 4.69) is 22.3 Å². The lowest BCUT2D eigenvalue weighted by molar-refractivity contribution is 0.853. The van der Waals surface area contributed by atoms with E-state index in [1.165, 1.54) is 5.56 Å². The third kappa shape index (κ3) is 2.42. The monoisotopic (exact) mass is 267 g/mol. The maximum Gasteiger partial charge on any atom is 0.243 e. The zero-order chi connectivity index (χ0) is 14.1. The molecule has 0 spiro atoms. The van der Waals surface area contributed by atoms with Crippen LogP contribution in [0.3, 0.4) is 0 Å². The first-order valence-corrected chi connectivity index (χ1v) is 6.57. The van der Waals surface area contributed by atoms with E-state index in [1.54, 1.807) is 4.52 Å². The number of aryl methyl sites for hydroxylation is 1. The van der Waals surface area contributed by atoms with Crippen LogP contribution in [0.1, 0.15) is 24.1 Å². The largest absolute Gasteiger partial charge is 0.399 e. The highest BCUT2D eigenvalue weighted by Crippen LogP contribution is 2.18. The van der Waals surface area contributed by atoms with Gasteiger partial charge in [0.05, 0.1) is 6.04 Å². The minimum absolute atomic E-state index is 0.120. The second kappa shape index (κ2) is 4.85. The van der Waals surface area contributed by atoms with Crippen LogP contribution in [0.25, 0.3) is 5.65 Å². The van der Waals surface area contributed by atoms with E-state index in [-0.39, 0.29) is 6.04 Å². The number of hydrogen-bond acceptors (Lipinski definition) is 4. The fourth-order valence-electron chi connectivity index (χ4n) is 2.11. The summed E-state index contributed by atoms with van der Waals surface area (Å²) in [7, 11) is 0. The van der Waals surface area contributed by atoms with Gasteiger partial charge in [-0.25, -0.2) is 4.52 Å². The molecule has 5 heteroatoms. The van der Waals surface area contributed by atoms with Crippen LogP contribution in [-0.4, -0.2) is 14.6 Å². The van der Waals surface area contributed by atoms with Crippen molar-refractivity contribution in [1.82, 2.24) is 14.6 Å². The molecule has 3 aromatic rings. The van der Waals surface area contributed by atoms with E-state index < -0.39 is 0 Å². The summed E-state index contributed by atoms with van der Waals surface area (Å²) in [5, 5.41) is 7.71. The number of rotatable bonds is 3. The topological polar surface area (TPSA) is 68.2 Å². The molecule has 1 atom stereocenters. The number of anilines is 2. The Hall–Kier alpha value is -2.56. The molecule has 2 aromatic heterocycles. The molecule has 0 aliphatic carbocycles. The number of nitrogen functional groups attached to an aromatic ring is 1. The van der Waals surface area contributed by atoms with Crippen molar-refractivity contribution in [3.8, 4) is 0 Å². The van der Waals surface area contributed by atoms with E-state index in [1.807, 2.05) is 49.5 Å². The Morgan fingerprint density at radius 1 is 1.20 bits per heavy atom. The number of nitrogens with one attached hydrogen (secondary N) is 1. The number of benzene rings is 1. The van der Waals surface area contributed by atoms with E-state index in [9.17, 15) is 0 Å². The number of fused-ring (bicyclic) bond motifs is 1. The third-order valence-electron chi connectivity index (χ3n) is 3.28. The lowest BCUT2D eigenvalue weighted by Crippen LogP contribution is -2.08. The van der Waals surface area contributed by atoms with Gasteiger partial charge in [0.15, 0.2) is 5.65 Å². The van der Waals surface area contributed by atoms with E-state index in [0.29, 0.717) is 5.95 Å². The van der Waals surface area contributed by atoms with E-state index in [4.69, 9.17) is 5.73 Å². The molecule has 3 N–H and O–H groups in total.